The number of rotatable bonds is 4. The Bertz CT molecular complexity index is 325. The van der Waals surface area contributed by atoms with Gasteiger partial charge in [-0.2, -0.15) is 0 Å². The van der Waals surface area contributed by atoms with Gasteiger partial charge in [-0.15, -0.1) is 0 Å². The average molecular weight is 264 g/mol. The summed E-state index contributed by atoms with van der Waals surface area (Å²) in [5.74, 6) is 5.17. The third-order valence-electron chi connectivity index (χ3n) is 6.08. The Morgan fingerprint density at radius 3 is 2.05 bits per heavy atom. The zero-order chi connectivity index (χ0) is 13.6. The minimum absolute atomic E-state index is 0.254. The second-order valence-electron chi connectivity index (χ2n) is 7.50. The van der Waals surface area contributed by atoms with Crippen molar-refractivity contribution in [3.63, 3.8) is 0 Å². The highest BCUT2D eigenvalue weighted by Crippen LogP contribution is 2.58. The van der Waals surface area contributed by atoms with Crippen LogP contribution in [0, 0.1) is 35.5 Å². The molecule has 0 heterocycles. The van der Waals surface area contributed by atoms with Crippen molar-refractivity contribution in [3.05, 3.63) is 0 Å². The molecule has 3 nitrogen and oxygen atoms in total. The molecule has 0 aromatic rings. The maximum absolute atomic E-state index is 12.0. The van der Waals surface area contributed by atoms with Gasteiger partial charge in [0.2, 0.25) is 5.91 Å². The van der Waals surface area contributed by atoms with Crippen molar-refractivity contribution in [3.8, 4) is 0 Å². The van der Waals surface area contributed by atoms with Crippen LogP contribution < -0.4 is 5.73 Å². The largest absolute Gasteiger partial charge is 0.349 e. The summed E-state index contributed by atoms with van der Waals surface area (Å²) in [5, 5.41) is 0. The lowest BCUT2D eigenvalue weighted by Gasteiger charge is -2.56. The Morgan fingerprint density at radius 2 is 1.63 bits per heavy atom. The molecule has 0 radical (unpaired) electrons. The second-order valence-corrected chi connectivity index (χ2v) is 7.50. The molecule has 2 N–H and O–H groups in total. The van der Waals surface area contributed by atoms with E-state index >= 15 is 0 Å². The van der Waals surface area contributed by atoms with Crippen LogP contribution in [0.15, 0.2) is 0 Å². The normalized spacial score (nSPS) is 41.3. The van der Waals surface area contributed by atoms with E-state index in [1.54, 1.807) is 4.90 Å². The van der Waals surface area contributed by atoms with Gasteiger partial charge in [-0.25, -0.2) is 0 Å². The number of hydrogen-bond donors (Lipinski definition) is 1. The van der Waals surface area contributed by atoms with Crippen molar-refractivity contribution in [1.29, 1.82) is 0 Å². The van der Waals surface area contributed by atoms with Crippen LogP contribution in [0.5, 0.6) is 0 Å². The molecule has 1 unspecified atom stereocenters. The third kappa shape index (κ3) is 2.42. The topological polar surface area (TPSA) is 46.3 Å². The lowest BCUT2D eigenvalue weighted by atomic mass is 9.49. The van der Waals surface area contributed by atoms with Gasteiger partial charge in [-0.1, -0.05) is 0 Å². The van der Waals surface area contributed by atoms with E-state index in [4.69, 9.17) is 5.73 Å². The number of amides is 1. The van der Waals surface area contributed by atoms with Gasteiger partial charge in [0.25, 0.3) is 0 Å². The highest BCUT2D eigenvalue weighted by molar-refractivity contribution is 5.75. The first kappa shape index (κ1) is 13.4. The SMILES string of the molecule is CN(C)C(=O)CC(CN)C1C2CC3CC(C2)CC1C3. The number of nitrogens with zero attached hydrogens (tertiary/aromatic N) is 1. The fourth-order valence-corrected chi connectivity index (χ4v) is 5.52. The van der Waals surface area contributed by atoms with E-state index in [-0.39, 0.29) is 5.91 Å². The smallest absolute Gasteiger partial charge is 0.222 e. The highest BCUT2D eigenvalue weighted by atomic mass is 16.2. The zero-order valence-corrected chi connectivity index (χ0v) is 12.3. The van der Waals surface area contributed by atoms with Gasteiger partial charge in [0.1, 0.15) is 0 Å². The van der Waals surface area contributed by atoms with Gasteiger partial charge in [0.05, 0.1) is 0 Å². The summed E-state index contributed by atoms with van der Waals surface area (Å²) in [6.45, 7) is 0.687. The van der Waals surface area contributed by atoms with Gasteiger partial charge in [-0.05, 0) is 74.2 Å². The first-order chi connectivity index (χ1) is 9.08. The van der Waals surface area contributed by atoms with Crippen molar-refractivity contribution in [2.75, 3.05) is 20.6 Å². The summed E-state index contributed by atoms with van der Waals surface area (Å²) < 4.78 is 0. The van der Waals surface area contributed by atoms with Crippen LogP contribution in [-0.4, -0.2) is 31.4 Å². The van der Waals surface area contributed by atoms with Crippen molar-refractivity contribution >= 4 is 5.91 Å². The molecule has 0 spiro atoms. The quantitative estimate of drug-likeness (QED) is 0.845. The standard InChI is InChI=1S/C16H28N2O/c1-18(2)15(19)8-14(9-17)16-12-4-10-3-11(6-12)7-13(16)5-10/h10-14,16H,3-9,17H2,1-2H3. The summed E-state index contributed by atoms with van der Waals surface area (Å²) in [6, 6.07) is 0. The molecule has 4 bridgehead atoms. The number of hydrogen-bond acceptors (Lipinski definition) is 2. The average Bonchev–Trinajstić information content (AvgIpc) is 2.35. The molecule has 108 valence electrons. The van der Waals surface area contributed by atoms with Crippen molar-refractivity contribution in [2.45, 2.75) is 38.5 Å². The number of carbonyl (C=O) groups excluding carboxylic acids is 1. The predicted octanol–water partition coefficient (Wildman–Crippen LogP) is 2.11. The van der Waals surface area contributed by atoms with Gasteiger partial charge in [-0.3, -0.25) is 4.79 Å². The summed E-state index contributed by atoms with van der Waals surface area (Å²) in [4.78, 5) is 13.7. The Kier molecular flexibility index (Phi) is 3.59. The third-order valence-corrected chi connectivity index (χ3v) is 6.08. The lowest BCUT2D eigenvalue weighted by molar-refractivity contribution is -0.132. The van der Waals surface area contributed by atoms with E-state index in [0.717, 1.165) is 29.6 Å². The van der Waals surface area contributed by atoms with E-state index in [0.29, 0.717) is 18.9 Å². The van der Waals surface area contributed by atoms with Crippen molar-refractivity contribution in [2.24, 2.45) is 41.2 Å². The number of carbonyl (C=O) groups is 1. The fraction of sp³-hybridized carbons (Fsp3) is 0.938. The Hall–Kier alpha value is -0.570. The monoisotopic (exact) mass is 264 g/mol. The summed E-state index contributed by atoms with van der Waals surface area (Å²) in [5.41, 5.74) is 6.03. The molecule has 4 fully saturated rings. The van der Waals surface area contributed by atoms with Gasteiger partial charge in [0.15, 0.2) is 0 Å². The summed E-state index contributed by atoms with van der Waals surface area (Å²) in [6.07, 6.45) is 7.84. The van der Waals surface area contributed by atoms with Crippen molar-refractivity contribution in [1.82, 2.24) is 4.90 Å². The highest BCUT2D eigenvalue weighted by Gasteiger charge is 2.50. The maximum Gasteiger partial charge on any atom is 0.222 e. The minimum atomic E-state index is 0.254. The fourth-order valence-electron chi connectivity index (χ4n) is 5.52. The lowest BCUT2D eigenvalue weighted by Crippen LogP contribution is -2.49. The minimum Gasteiger partial charge on any atom is -0.349 e. The van der Waals surface area contributed by atoms with Crippen LogP contribution in [0.4, 0.5) is 0 Å². The molecule has 1 atom stereocenters. The number of nitrogens with two attached hydrogens (primary N) is 1. The maximum atomic E-state index is 12.0. The predicted molar refractivity (Wildman–Crippen MR) is 76.4 cm³/mol. The summed E-state index contributed by atoms with van der Waals surface area (Å²) >= 11 is 0. The molecule has 4 aliphatic rings. The Morgan fingerprint density at radius 1 is 1.11 bits per heavy atom. The first-order valence-corrected chi connectivity index (χ1v) is 7.98. The Labute approximate surface area is 116 Å². The molecule has 4 saturated carbocycles. The van der Waals surface area contributed by atoms with Crippen LogP contribution in [0.3, 0.4) is 0 Å². The molecule has 0 saturated heterocycles. The van der Waals surface area contributed by atoms with Crippen LogP contribution in [0.1, 0.15) is 38.5 Å². The van der Waals surface area contributed by atoms with Gasteiger partial charge < -0.3 is 10.6 Å². The van der Waals surface area contributed by atoms with E-state index in [9.17, 15) is 4.79 Å². The molecular weight excluding hydrogens is 236 g/mol. The molecule has 4 aliphatic carbocycles. The van der Waals surface area contributed by atoms with E-state index in [2.05, 4.69) is 0 Å². The Balaban J connectivity index is 1.71. The zero-order valence-electron chi connectivity index (χ0n) is 12.3. The first-order valence-electron chi connectivity index (χ1n) is 7.98. The molecule has 0 aliphatic heterocycles. The van der Waals surface area contributed by atoms with Crippen LogP contribution in [-0.2, 0) is 4.79 Å². The van der Waals surface area contributed by atoms with E-state index in [1.807, 2.05) is 14.1 Å². The molecule has 0 aromatic heterocycles. The summed E-state index contributed by atoms with van der Waals surface area (Å²) in [7, 11) is 3.71. The van der Waals surface area contributed by atoms with Crippen LogP contribution in [0.25, 0.3) is 0 Å². The molecule has 19 heavy (non-hydrogen) atoms. The molecule has 1 amide bonds. The van der Waals surface area contributed by atoms with Crippen molar-refractivity contribution < 1.29 is 4.79 Å². The van der Waals surface area contributed by atoms with Crippen LogP contribution in [0.2, 0.25) is 0 Å². The molecule has 4 rings (SSSR count). The van der Waals surface area contributed by atoms with E-state index < -0.39 is 0 Å². The van der Waals surface area contributed by atoms with Gasteiger partial charge in [0, 0.05) is 20.5 Å². The molecule has 0 aromatic carbocycles. The van der Waals surface area contributed by atoms with Gasteiger partial charge >= 0.3 is 0 Å². The van der Waals surface area contributed by atoms with Crippen LogP contribution >= 0.6 is 0 Å². The second kappa shape index (κ2) is 5.08. The molecular formula is C16H28N2O. The van der Waals surface area contributed by atoms with E-state index in [1.165, 1.54) is 32.1 Å². The molecule has 3 heteroatoms.